The Morgan fingerprint density at radius 1 is 1.06 bits per heavy atom. The molecule has 3 aliphatic heterocycles. The largest absolute Gasteiger partial charge is 1.00 e. The lowest BCUT2D eigenvalue weighted by Crippen LogP contribution is -3.00. The number of halogens is 1. The van der Waals surface area contributed by atoms with Gasteiger partial charge in [-0.1, -0.05) is 43.2 Å². The molecule has 0 N–H and O–H groups in total. The Hall–Kier alpha value is -2.12. The van der Waals surface area contributed by atoms with Gasteiger partial charge in [0.2, 0.25) is 0 Å². The molecule has 2 aromatic rings. The molecule has 1 aliphatic carbocycles. The lowest BCUT2D eigenvalue weighted by atomic mass is 9.78. The zero-order valence-electron chi connectivity index (χ0n) is 19.0. The number of quaternary nitrogens is 1. The van der Waals surface area contributed by atoms with Crippen LogP contribution in [-0.2, 0) is 26.2 Å². The number of ketones is 1. The third-order valence-electron chi connectivity index (χ3n) is 7.98. The molecule has 6 rings (SSSR count). The van der Waals surface area contributed by atoms with Crippen LogP contribution in [0.1, 0.15) is 49.8 Å². The Kier molecular flexibility index (Phi) is 7.29. The van der Waals surface area contributed by atoms with E-state index < -0.39 is 5.41 Å². The fourth-order valence-corrected chi connectivity index (χ4v) is 6.23. The van der Waals surface area contributed by atoms with Crippen LogP contribution in [0.15, 0.2) is 48.9 Å². The molecule has 33 heavy (non-hydrogen) atoms. The van der Waals surface area contributed by atoms with Gasteiger partial charge in [0, 0.05) is 37.4 Å². The first-order valence-corrected chi connectivity index (χ1v) is 12.0. The quantitative estimate of drug-likeness (QED) is 0.392. The minimum Gasteiger partial charge on any atom is -1.00 e. The van der Waals surface area contributed by atoms with Crippen LogP contribution in [0.5, 0.6) is 0 Å². The minimum absolute atomic E-state index is 0. The van der Waals surface area contributed by atoms with Crippen LogP contribution in [0.3, 0.4) is 0 Å². The molecule has 3 saturated heterocycles. The molecule has 1 saturated carbocycles. The van der Waals surface area contributed by atoms with Crippen LogP contribution in [0.25, 0.3) is 0 Å². The monoisotopic (exact) mass is 513 g/mol. The first kappa shape index (κ1) is 24.0. The number of rotatable bonds is 7. The molecule has 1 atom stereocenters. The van der Waals surface area contributed by atoms with E-state index >= 15 is 0 Å². The van der Waals surface area contributed by atoms with E-state index in [0.717, 1.165) is 73.9 Å². The highest BCUT2D eigenvalue weighted by Crippen LogP contribution is 2.44. The average molecular weight is 514 g/mol. The van der Waals surface area contributed by atoms with Crippen LogP contribution < -0.4 is 17.0 Å². The molecular formula is C26H32BrN3O3. The van der Waals surface area contributed by atoms with Gasteiger partial charge >= 0.3 is 5.97 Å². The van der Waals surface area contributed by atoms with Crippen molar-refractivity contribution in [3.63, 3.8) is 0 Å². The van der Waals surface area contributed by atoms with Gasteiger partial charge in [-0.3, -0.25) is 19.6 Å². The average Bonchev–Trinajstić information content (AvgIpc) is 3.32. The summed E-state index contributed by atoms with van der Waals surface area (Å²) in [6, 6.07) is 10.2. The van der Waals surface area contributed by atoms with Crippen molar-refractivity contribution >= 4 is 11.8 Å². The molecule has 176 valence electrons. The molecule has 0 spiro atoms. The molecular weight excluding hydrogens is 482 g/mol. The number of Topliss-reactive ketones (excluding diaryl/α,β-unsaturated/α-hetero) is 1. The van der Waals surface area contributed by atoms with Crippen molar-refractivity contribution < 1.29 is 35.8 Å². The Labute approximate surface area is 206 Å². The second-order valence-corrected chi connectivity index (χ2v) is 9.98. The first-order chi connectivity index (χ1) is 15.6. The van der Waals surface area contributed by atoms with Crippen LogP contribution in [-0.4, -0.2) is 58.5 Å². The number of esters is 1. The van der Waals surface area contributed by atoms with Crippen molar-refractivity contribution in [3.8, 4) is 0 Å². The molecule has 0 amide bonds. The summed E-state index contributed by atoms with van der Waals surface area (Å²) in [6.45, 7) is 3.23. The van der Waals surface area contributed by atoms with Crippen molar-refractivity contribution in [3.05, 3.63) is 60.2 Å². The summed E-state index contributed by atoms with van der Waals surface area (Å²) in [5.41, 5.74) is 1.31. The maximum atomic E-state index is 13.6. The summed E-state index contributed by atoms with van der Waals surface area (Å²) in [5, 5.41) is 0. The number of carbonyl (C=O) groups excluding carboxylic acids is 2. The van der Waals surface area contributed by atoms with Gasteiger partial charge in [0.1, 0.15) is 13.1 Å². The summed E-state index contributed by atoms with van der Waals surface area (Å²) < 4.78 is 7.05. The van der Waals surface area contributed by atoms with Gasteiger partial charge in [-0.15, -0.1) is 0 Å². The van der Waals surface area contributed by atoms with Gasteiger partial charge in [0.05, 0.1) is 30.6 Å². The third-order valence-corrected chi connectivity index (χ3v) is 7.98. The maximum absolute atomic E-state index is 13.6. The smallest absolute Gasteiger partial charge is 0.317 e. The fourth-order valence-electron chi connectivity index (χ4n) is 6.23. The molecule has 7 heteroatoms. The number of ether oxygens (including phenoxy) is 1. The summed E-state index contributed by atoms with van der Waals surface area (Å²) in [5.74, 6) is 0.555. The number of benzene rings is 1. The Bertz CT molecular complexity index is 955. The van der Waals surface area contributed by atoms with Crippen LogP contribution in [0.4, 0.5) is 0 Å². The Morgan fingerprint density at radius 3 is 2.45 bits per heavy atom. The van der Waals surface area contributed by atoms with Gasteiger partial charge < -0.3 is 26.2 Å². The van der Waals surface area contributed by atoms with Gasteiger partial charge in [0.15, 0.2) is 11.9 Å². The number of hydrogen-bond donors (Lipinski definition) is 0. The number of piperidine rings is 3. The number of carbonyl (C=O) groups is 2. The number of aromatic nitrogens is 2. The molecule has 0 radical (unpaired) electrons. The standard InChI is InChI=1S/C26H32N3O3.BrH/c30-23(16-22-17-27-12-13-28-22)18-29-14-8-20(9-15-29)24(19-29)32-25(31)26(10-4-5-11-26)21-6-2-1-3-7-21;/h1-3,6-7,12-13,17,20,24H,4-5,8-11,14-16,18-19H2;1H/q+1;/p-1/t20?,24-,29?;/m0./s1. The van der Waals surface area contributed by atoms with E-state index in [1.165, 1.54) is 0 Å². The maximum Gasteiger partial charge on any atom is 0.317 e. The SMILES string of the molecule is O=C(Cc1cnccn1)C[N+]12CCC(CC1)[C@@H](OC(=O)C1(c3ccccc3)CCCC1)C2.[Br-]. The number of fused-ring (bicyclic) bond motifs is 3. The second kappa shape index (κ2) is 10.0. The Morgan fingerprint density at radius 2 is 1.79 bits per heavy atom. The van der Waals surface area contributed by atoms with E-state index in [4.69, 9.17) is 4.74 Å². The number of hydrogen-bond acceptors (Lipinski definition) is 5. The predicted octanol–water partition coefficient (Wildman–Crippen LogP) is 0.256. The molecule has 1 aromatic carbocycles. The zero-order chi connectivity index (χ0) is 22.0. The van der Waals surface area contributed by atoms with Crippen molar-refractivity contribution in [1.82, 2.24) is 9.97 Å². The van der Waals surface area contributed by atoms with E-state index in [2.05, 4.69) is 22.1 Å². The third kappa shape index (κ3) is 4.90. The fraction of sp³-hybridized carbons (Fsp3) is 0.538. The lowest BCUT2D eigenvalue weighted by Gasteiger charge is -2.52. The lowest BCUT2D eigenvalue weighted by molar-refractivity contribution is -0.939. The van der Waals surface area contributed by atoms with Crippen molar-refractivity contribution in [2.45, 2.75) is 56.5 Å². The summed E-state index contributed by atoms with van der Waals surface area (Å²) in [6.07, 6.45) is 11.0. The van der Waals surface area contributed by atoms with Crippen molar-refractivity contribution in [1.29, 1.82) is 0 Å². The van der Waals surface area contributed by atoms with E-state index in [-0.39, 0.29) is 34.8 Å². The predicted molar refractivity (Wildman–Crippen MR) is 120 cm³/mol. The van der Waals surface area contributed by atoms with Gasteiger partial charge in [-0.2, -0.15) is 0 Å². The molecule has 4 aliphatic rings. The van der Waals surface area contributed by atoms with Crippen LogP contribution in [0, 0.1) is 5.92 Å². The van der Waals surface area contributed by atoms with Gasteiger partial charge in [-0.05, 0) is 18.4 Å². The Balaban J connectivity index is 0.00000259. The highest BCUT2D eigenvalue weighted by molar-refractivity contribution is 5.84. The van der Waals surface area contributed by atoms with E-state index in [1.54, 1.807) is 18.6 Å². The van der Waals surface area contributed by atoms with E-state index in [1.807, 2.05) is 18.2 Å². The molecule has 0 unspecified atom stereocenters. The van der Waals surface area contributed by atoms with Crippen LogP contribution >= 0.6 is 0 Å². The van der Waals surface area contributed by atoms with Gasteiger partial charge in [-0.25, -0.2) is 0 Å². The van der Waals surface area contributed by atoms with E-state index in [0.29, 0.717) is 18.9 Å². The van der Waals surface area contributed by atoms with Crippen LogP contribution in [0.2, 0.25) is 0 Å². The highest BCUT2D eigenvalue weighted by Gasteiger charge is 2.51. The molecule has 2 bridgehead atoms. The normalized spacial score (nSPS) is 27.5. The molecule has 1 aromatic heterocycles. The zero-order valence-corrected chi connectivity index (χ0v) is 20.6. The molecule has 4 fully saturated rings. The number of nitrogens with zero attached hydrogens (tertiary/aromatic N) is 3. The first-order valence-electron chi connectivity index (χ1n) is 12.0. The van der Waals surface area contributed by atoms with E-state index in [9.17, 15) is 9.59 Å². The second-order valence-electron chi connectivity index (χ2n) is 9.98. The summed E-state index contributed by atoms with van der Waals surface area (Å²) in [4.78, 5) is 34.7. The molecule has 4 heterocycles. The van der Waals surface area contributed by atoms with Crippen molar-refractivity contribution in [2.24, 2.45) is 5.92 Å². The summed E-state index contributed by atoms with van der Waals surface area (Å²) in [7, 11) is 0. The molecule has 6 nitrogen and oxygen atoms in total. The summed E-state index contributed by atoms with van der Waals surface area (Å²) >= 11 is 0. The van der Waals surface area contributed by atoms with Crippen molar-refractivity contribution in [2.75, 3.05) is 26.2 Å². The highest BCUT2D eigenvalue weighted by atomic mass is 79.9. The minimum atomic E-state index is -0.500. The van der Waals surface area contributed by atoms with Gasteiger partial charge in [0.25, 0.3) is 0 Å². The topological polar surface area (TPSA) is 69.2 Å².